The molecule has 0 aromatic heterocycles. The van der Waals surface area contributed by atoms with Gasteiger partial charge in [0.25, 0.3) is 0 Å². The molecule has 0 aromatic rings. The van der Waals surface area contributed by atoms with Gasteiger partial charge in [-0.1, -0.05) is 147 Å². The Morgan fingerprint density at radius 3 is 1.12 bits per heavy atom. The van der Waals surface area contributed by atoms with E-state index in [4.69, 9.17) is 23.7 Å². The maximum absolute atomic E-state index is 13.3. The minimum atomic E-state index is -0.800. The molecule has 17 nitrogen and oxygen atoms in total. The zero-order chi connectivity index (χ0) is 81.1. The molecule has 16 saturated carbocycles. The van der Waals surface area contributed by atoms with Crippen LogP contribution in [0.25, 0.3) is 0 Å². The van der Waals surface area contributed by atoms with Gasteiger partial charge in [0, 0.05) is 13.7 Å². The summed E-state index contributed by atoms with van der Waals surface area (Å²) < 4.78 is 28.5. The van der Waals surface area contributed by atoms with Crippen LogP contribution in [0.15, 0.2) is 0 Å². The summed E-state index contributed by atoms with van der Waals surface area (Å²) >= 11 is 0. The van der Waals surface area contributed by atoms with Gasteiger partial charge in [0.15, 0.2) is 6.29 Å². The van der Waals surface area contributed by atoms with Crippen LogP contribution in [0.4, 0.5) is 0 Å². The zero-order valence-corrected chi connectivity index (χ0v) is 72.1. The molecule has 1 aliphatic heterocycles. The Kier molecular flexibility index (Phi) is 28.2. The van der Waals surface area contributed by atoms with Crippen LogP contribution >= 0.6 is 0 Å². The molecule has 17 heteroatoms. The van der Waals surface area contributed by atoms with Crippen LogP contribution in [0, 0.1) is 231 Å². The highest BCUT2D eigenvalue weighted by Gasteiger charge is 2.71. The zero-order valence-electron chi connectivity index (χ0n) is 72.1. The van der Waals surface area contributed by atoms with Crippen molar-refractivity contribution >= 4 is 41.8 Å². The number of carbonyl (C=O) groups excluding carboxylic acids is 2. The van der Waals surface area contributed by atoms with Gasteiger partial charge in [0.05, 0.1) is 61.7 Å². The molecule has 41 unspecified atom stereocenters. The van der Waals surface area contributed by atoms with Crippen LogP contribution in [0.5, 0.6) is 0 Å². The third-order valence-electron chi connectivity index (χ3n) is 37.9. The highest BCUT2D eigenvalue weighted by molar-refractivity contribution is 5.84. The van der Waals surface area contributed by atoms with Crippen molar-refractivity contribution in [3.8, 4) is 0 Å². The summed E-state index contributed by atoms with van der Waals surface area (Å²) in [5.74, 6) is 14.9. The molecule has 1 heterocycles. The van der Waals surface area contributed by atoms with E-state index in [2.05, 4.69) is 76.2 Å². The Balaban J connectivity index is 0.000000124. The number of carboxylic acid groups (broad SMARTS) is 5. The number of rotatable bonds is 26. The number of hydrogen-bond donors (Lipinski definition) is 5. The molecule has 5 N–H and O–H groups in total. The Morgan fingerprint density at radius 1 is 0.398 bits per heavy atom. The van der Waals surface area contributed by atoms with Crippen LogP contribution in [0.3, 0.4) is 0 Å². The van der Waals surface area contributed by atoms with Crippen molar-refractivity contribution in [2.75, 3.05) is 27.4 Å². The quantitative estimate of drug-likeness (QED) is 0.0504. The number of aliphatic carboxylic acids is 5. The van der Waals surface area contributed by atoms with Gasteiger partial charge in [-0.15, -0.1) is 0 Å². The van der Waals surface area contributed by atoms with Gasteiger partial charge < -0.3 is 49.2 Å². The summed E-state index contributed by atoms with van der Waals surface area (Å²) in [5, 5.41) is 48.2. The topological polar surface area (TPSA) is 267 Å². The van der Waals surface area contributed by atoms with Crippen molar-refractivity contribution in [1.29, 1.82) is 0 Å². The minimum Gasteiger partial charge on any atom is -0.481 e. The molecule has 640 valence electrons. The fraction of sp³-hybridized carbons (Fsp3) is 0.927. The first-order valence-electron chi connectivity index (χ1n) is 47.5. The predicted octanol–water partition coefficient (Wildman–Crippen LogP) is 19.8. The highest BCUT2D eigenvalue weighted by Crippen LogP contribution is 2.73. The summed E-state index contributed by atoms with van der Waals surface area (Å²) in [6, 6.07) is 0. The Labute approximate surface area is 679 Å². The Bertz CT molecular complexity index is 3250. The molecule has 10 bridgehead atoms. The fourth-order valence-corrected chi connectivity index (χ4v) is 34.0. The summed E-state index contributed by atoms with van der Waals surface area (Å²) in [5.41, 5.74) is -0.326. The standard InChI is InChI=1S/C23H36O4.C22H36O4.C17H26O4.C17H28O3.C17H28O2/c1-4-13-11-14(5-2)18-16-12-15(17(13)18)19(21(24)25)20(16)22(26)27-23(6-3)9-7-8-10-23;1-3-13-9-14(4-2)22-17-11-15(21(13)22)10-16(17)18(12-19(23)24)26-20-7-5-6-8-25-20;1-4-8-6-9(5-2)13-11-7-10(12(8)13)14(16(18)19)15(11)17(20)21-3;1-4-9-6-10(5-2)15-12-7-11(14(9)15)13(8-20-3)16(12)17(18)19;1-4-10-6-11(5-2)16-14-8-12(15(10)16)7-13(14)9(3)17(18)19/h13-20H,4-12H2,1-3H3,(H,24,25);13-18,20-22H,3-12H2,1-2H3,(H,23,24);8-15H,4-7H2,1-3H3,(H,18,19);9-16H,4-8H2,1-3H3,(H,18,19);9-16H,4-8H2,1-3H3,(H,18,19). The first-order chi connectivity index (χ1) is 54.3. The molecule has 41 atom stereocenters. The number of carboxylic acids is 5. The second-order valence-corrected chi connectivity index (χ2v) is 41.1. The molecule has 113 heavy (non-hydrogen) atoms. The number of carbonyl (C=O) groups is 7. The third kappa shape index (κ3) is 15.8. The van der Waals surface area contributed by atoms with Crippen molar-refractivity contribution in [2.24, 2.45) is 231 Å². The van der Waals surface area contributed by atoms with Crippen molar-refractivity contribution in [3.05, 3.63) is 0 Å². The summed E-state index contributed by atoms with van der Waals surface area (Å²) in [6.07, 6.45) is 34.8. The number of esters is 2. The first-order valence-corrected chi connectivity index (χ1v) is 47.5. The Morgan fingerprint density at radius 2 is 0.761 bits per heavy atom. The third-order valence-corrected chi connectivity index (χ3v) is 37.9. The molecule has 0 spiro atoms. The van der Waals surface area contributed by atoms with E-state index in [0.717, 1.165) is 186 Å². The molecule has 0 amide bonds. The second-order valence-electron chi connectivity index (χ2n) is 41.1. The first kappa shape index (κ1) is 87.0. The molecular weight excluding hydrogens is 1430 g/mol. The van der Waals surface area contributed by atoms with E-state index in [0.29, 0.717) is 89.5 Å². The molecule has 17 aliphatic rings. The monoisotopic (exact) mass is 1580 g/mol. The van der Waals surface area contributed by atoms with Crippen LogP contribution in [-0.2, 0) is 57.2 Å². The van der Waals surface area contributed by atoms with E-state index >= 15 is 0 Å². The van der Waals surface area contributed by atoms with Crippen LogP contribution in [0.2, 0.25) is 0 Å². The SMILES string of the molecule is CCC1CC(CC)C2C3CC(C(C(=O)O)C3C(=O)OC)C12.CCC1CC(CC)C2C3CC(C(C(=O)O)C3C(=O)OC3(CC)CCCC3)C12.CCC1CC(CC)C2C3CC(C(COC)C3C(=O)O)C12.CCC1CC(CC)C2C3CC(CC3C(C)C(=O)O)C12.CCC1CC(CC)C2C3CC(CC3C(CC(=O)O)OC3CCCCO3)C12. The molecule has 17 rings (SSSR count). The minimum absolute atomic E-state index is 0.130. The van der Waals surface area contributed by atoms with Gasteiger partial charge in [0.2, 0.25) is 0 Å². The molecule has 0 aromatic carbocycles. The predicted molar refractivity (Wildman–Crippen MR) is 433 cm³/mol. The molecule has 0 radical (unpaired) electrons. The van der Waals surface area contributed by atoms with E-state index in [-0.39, 0.29) is 77.8 Å². The fourth-order valence-electron chi connectivity index (χ4n) is 34.0. The van der Waals surface area contributed by atoms with Gasteiger partial charge in [-0.2, -0.15) is 0 Å². The normalized spacial score (nSPS) is 47.0. The lowest BCUT2D eigenvalue weighted by Crippen LogP contribution is -2.46. The van der Waals surface area contributed by atoms with Gasteiger partial charge in [-0.3, -0.25) is 33.6 Å². The lowest BCUT2D eigenvalue weighted by molar-refractivity contribution is -0.207. The maximum atomic E-state index is 13.3. The highest BCUT2D eigenvalue weighted by atomic mass is 16.7. The van der Waals surface area contributed by atoms with Crippen molar-refractivity contribution in [2.45, 2.75) is 300 Å². The van der Waals surface area contributed by atoms with Crippen molar-refractivity contribution in [1.82, 2.24) is 0 Å². The lowest BCUT2D eigenvalue weighted by Gasteiger charge is -2.40. The van der Waals surface area contributed by atoms with Crippen molar-refractivity contribution in [3.63, 3.8) is 0 Å². The van der Waals surface area contributed by atoms with Gasteiger partial charge in [-0.05, 0) is 324 Å². The molecule has 17 fully saturated rings. The lowest BCUT2D eigenvalue weighted by atomic mass is 9.65. The average Bonchev–Trinajstić information content (AvgIpc) is 1.56. The smallest absolute Gasteiger partial charge is 0.310 e. The second kappa shape index (κ2) is 36.6. The molecule has 16 aliphatic carbocycles. The maximum Gasteiger partial charge on any atom is 0.310 e. The summed E-state index contributed by atoms with van der Waals surface area (Å²) in [7, 11) is 3.09. The average molecular weight is 1580 g/mol. The van der Waals surface area contributed by atoms with Gasteiger partial charge in [-0.25, -0.2) is 0 Å². The summed E-state index contributed by atoms with van der Waals surface area (Å²) in [6.45, 7) is 28.4. The number of fused-ring (bicyclic) bond motifs is 25. The van der Waals surface area contributed by atoms with E-state index < -0.39 is 53.5 Å². The molecular formula is C96H154O17. The van der Waals surface area contributed by atoms with Crippen LogP contribution in [-0.4, -0.2) is 113 Å². The molecule has 1 saturated heterocycles. The van der Waals surface area contributed by atoms with Crippen LogP contribution in [0.1, 0.15) is 282 Å². The van der Waals surface area contributed by atoms with Gasteiger partial charge in [0.1, 0.15) is 5.60 Å². The van der Waals surface area contributed by atoms with E-state index in [9.17, 15) is 59.1 Å². The van der Waals surface area contributed by atoms with E-state index in [1.54, 1.807) is 7.11 Å². The van der Waals surface area contributed by atoms with E-state index in [1.165, 1.54) is 103 Å². The van der Waals surface area contributed by atoms with E-state index in [1.807, 2.05) is 6.92 Å². The van der Waals surface area contributed by atoms with Gasteiger partial charge >= 0.3 is 41.8 Å². The largest absolute Gasteiger partial charge is 0.481 e. The Hall–Kier alpha value is -3.83. The van der Waals surface area contributed by atoms with Crippen LogP contribution < -0.4 is 0 Å². The van der Waals surface area contributed by atoms with Crippen molar-refractivity contribution < 1.29 is 82.8 Å². The number of ether oxygens (including phenoxy) is 5. The number of methoxy groups -OCH3 is 2. The summed E-state index contributed by atoms with van der Waals surface area (Å²) in [4.78, 5) is 84.1. The number of hydrogen-bond acceptors (Lipinski definition) is 12.